The molecule has 2 unspecified atom stereocenters. The molecule has 0 aromatic heterocycles. The smallest absolute Gasteiger partial charge is 0.307 e. The van der Waals surface area contributed by atoms with Crippen molar-refractivity contribution in [2.24, 2.45) is 11.8 Å². The van der Waals surface area contributed by atoms with E-state index < -0.39 is 11.9 Å². The number of carboxylic acids is 1. The third-order valence-electron chi connectivity index (χ3n) is 3.91. The first kappa shape index (κ1) is 14.3. The van der Waals surface area contributed by atoms with E-state index >= 15 is 0 Å². The Morgan fingerprint density at radius 2 is 1.89 bits per heavy atom. The van der Waals surface area contributed by atoms with Crippen molar-refractivity contribution in [3.63, 3.8) is 0 Å². The van der Waals surface area contributed by atoms with E-state index in [2.05, 4.69) is 0 Å². The Morgan fingerprint density at radius 3 is 2.42 bits per heavy atom. The predicted octanol–water partition coefficient (Wildman–Crippen LogP) is 0.361. The molecule has 0 radical (unpaired) electrons. The number of likely N-dealkylation sites (tertiary alicyclic amines) is 1. The maximum Gasteiger partial charge on any atom is 0.307 e. The van der Waals surface area contributed by atoms with E-state index in [-0.39, 0.29) is 17.9 Å². The lowest BCUT2D eigenvalue weighted by Gasteiger charge is -2.44. The van der Waals surface area contributed by atoms with Crippen LogP contribution in [0.1, 0.15) is 19.3 Å². The van der Waals surface area contributed by atoms with Gasteiger partial charge in [0, 0.05) is 33.4 Å². The number of aliphatic carboxylic acids is 1. The van der Waals surface area contributed by atoms with Crippen LogP contribution in [0.2, 0.25) is 0 Å². The molecule has 1 saturated heterocycles. The van der Waals surface area contributed by atoms with Gasteiger partial charge in [0.1, 0.15) is 0 Å². The lowest BCUT2D eigenvalue weighted by molar-refractivity contribution is -0.163. The van der Waals surface area contributed by atoms with Gasteiger partial charge in [-0.25, -0.2) is 0 Å². The van der Waals surface area contributed by atoms with Crippen molar-refractivity contribution in [3.8, 4) is 0 Å². The summed E-state index contributed by atoms with van der Waals surface area (Å²) in [5, 5.41) is 8.94. The van der Waals surface area contributed by atoms with Crippen molar-refractivity contribution >= 4 is 11.9 Å². The van der Waals surface area contributed by atoms with E-state index in [1.807, 2.05) is 0 Å². The van der Waals surface area contributed by atoms with Crippen LogP contribution < -0.4 is 0 Å². The monoisotopic (exact) mass is 271 g/mol. The molecule has 6 nitrogen and oxygen atoms in total. The standard InChI is InChI=1S/C13H21NO5/c1-18-5-2-6-19-9-7-14(8-9)12(15)10-3-4-11(10)13(16)17/h9-11H,2-8H2,1H3,(H,16,17). The largest absolute Gasteiger partial charge is 0.481 e. The summed E-state index contributed by atoms with van der Waals surface area (Å²) in [5.74, 6) is -1.66. The highest BCUT2D eigenvalue weighted by Gasteiger charge is 2.45. The second kappa shape index (κ2) is 6.34. The maximum absolute atomic E-state index is 12.0. The normalized spacial score (nSPS) is 26.7. The molecule has 1 aliphatic heterocycles. The minimum atomic E-state index is -0.850. The van der Waals surface area contributed by atoms with Crippen LogP contribution in [-0.4, -0.2) is 61.4 Å². The number of carbonyl (C=O) groups excluding carboxylic acids is 1. The van der Waals surface area contributed by atoms with E-state index in [1.165, 1.54) is 0 Å². The van der Waals surface area contributed by atoms with Gasteiger partial charge >= 0.3 is 5.97 Å². The molecule has 0 spiro atoms. The van der Waals surface area contributed by atoms with E-state index in [0.29, 0.717) is 39.1 Å². The molecule has 1 aliphatic carbocycles. The van der Waals surface area contributed by atoms with Crippen molar-refractivity contribution < 1.29 is 24.2 Å². The fraction of sp³-hybridized carbons (Fsp3) is 0.846. The quantitative estimate of drug-likeness (QED) is 0.677. The van der Waals surface area contributed by atoms with E-state index in [0.717, 1.165) is 6.42 Å². The number of nitrogens with zero attached hydrogens (tertiary/aromatic N) is 1. The number of carbonyl (C=O) groups is 2. The minimum Gasteiger partial charge on any atom is -0.481 e. The van der Waals surface area contributed by atoms with Gasteiger partial charge in [0.05, 0.1) is 17.9 Å². The third kappa shape index (κ3) is 3.25. The van der Waals surface area contributed by atoms with Crippen molar-refractivity contribution in [1.29, 1.82) is 0 Å². The zero-order valence-electron chi connectivity index (χ0n) is 11.2. The predicted molar refractivity (Wildman–Crippen MR) is 66.7 cm³/mol. The summed E-state index contributed by atoms with van der Waals surface area (Å²) in [5.41, 5.74) is 0. The number of ether oxygens (including phenoxy) is 2. The van der Waals surface area contributed by atoms with E-state index in [4.69, 9.17) is 14.6 Å². The Balaban J connectivity index is 1.64. The molecule has 2 atom stereocenters. The van der Waals surface area contributed by atoms with Crippen LogP contribution in [-0.2, 0) is 19.1 Å². The molecule has 1 N–H and O–H groups in total. The van der Waals surface area contributed by atoms with Gasteiger partial charge in [-0.3, -0.25) is 9.59 Å². The molecule has 1 amide bonds. The summed E-state index contributed by atoms with van der Waals surface area (Å²) in [6.45, 7) is 2.50. The molecule has 2 aliphatic rings. The Morgan fingerprint density at radius 1 is 1.21 bits per heavy atom. The Hall–Kier alpha value is -1.14. The zero-order chi connectivity index (χ0) is 13.8. The van der Waals surface area contributed by atoms with Gasteiger partial charge in [0.25, 0.3) is 0 Å². The summed E-state index contributed by atoms with van der Waals surface area (Å²) < 4.78 is 10.5. The Kier molecular flexibility index (Phi) is 4.76. The maximum atomic E-state index is 12.0. The highest BCUT2D eigenvalue weighted by molar-refractivity contribution is 5.86. The number of hydrogen-bond donors (Lipinski definition) is 1. The van der Waals surface area contributed by atoms with Gasteiger partial charge < -0.3 is 19.5 Å². The third-order valence-corrected chi connectivity index (χ3v) is 3.91. The fourth-order valence-corrected chi connectivity index (χ4v) is 2.50. The first-order valence-electron chi connectivity index (χ1n) is 6.75. The van der Waals surface area contributed by atoms with Crippen LogP contribution in [0.3, 0.4) is 0 Å². The average molecular weight is 271 g/mol. The van der Waals surface area contributed by atoms with Crippen molar-refractivity contribution in [3.05, 3.63) is 0 Å². The van der Waals surface area contributed by atoms with Gasteiger partial charge in [-0.1, -0.05) is 0 Å². The second-order valence-electron chi connectivity index (χ2n) is 5.21. The summed E-state index contributed by atoms with van der Waals surface area (Å²) >= 11 is 0. The van der Waals surface area contributed by atoms with Gasteiger partial charge in [0.15, 0.2) is 0 Å². The highest BCUT2D eigenvalue weighted by atomic mass is 16.5. The van der Waals surface area contributed by atoms with E-state index in [1.54, 1.807) is 12.0 Å². The number of methoxy groups -OCH3 is 1. The minimum absolute atomic E-state index is 0.0182. The van der Waals surface area contributed by atoms with Crippen molar-refractivity contribution in [1.82, 2.24) is 4.90 Å². The first-order chi connectivity index (χ1) is 9.13. The topological polar surface area (TPSA) is 76.1 Å². The van der Waals surface area contributed by atoms with E-state index in [9.17, 15) is 9.59 Å². The van der Waals surface area contributed by atoms with Gasteiger partial charge in [0.2, 0.25) is 5.91 Å². The fourth-order valence-electron chi connectivity index (χ4n) is 2.50. The molecule has 6 heteroatoms. The zero-order valence-corrected chi connectivity index (χ0v) is 11.2. The average Bonchev–Trinajstić information content (AvgIpc) is 2.23. The molecular formula is C13H21NO5. The van der Waals surface area contributed by atoms with Crippen LogP contribution in [0.5, 0.6) is 0 Å². The number of carboxylic acid groups (broad SMARTS) is 1. The lowest BCUT2D eigenvalue weighted by atomic mass is 9.72. The Bertz CT molecular complexity index is 340. The molecule has 108 valence electrons. The number of hydrogen-bond acceptors (Lipinski definition) is 4. The van der Waals surface area contributed by atoms with Crippen LogP contribution in [0, 0.1) is 11.8 Å². The molecule has 0 aromatic rings. The summed E-state index contributed by atoms with van der Waals surface area (Å²) in [4.78, 5) is 24.6. The second-order valence-corrected chi connectivity index (χ2v) is 5.21. The van der Waals surface area contributed by atoms with Crippen LogP contribution in [0.25, 0.3) is 0 Å². The van der Waals surface area contributed by atoms with Gasteiger partial charge in [-0.05, 0) is 19.3 Å². The summed E-state index contributed by atoms with van der Waals surface area (Å²) in [6.07, 6.45) is 2.27. The number of rotatable bonds is 7. The van der Waals surface area contributed by atoms with Crippen molar-refractivity contribution in [2.45, 2.75) is 25.4 Å². The summed E-state index contributed by atoms with van der Waals surface area (Å²) in [7, 11) is 1.65. The number of amides is 1. The first-order valence-corrected chi connectivity index (χ1v) is 6.75. The highest BCUT2D eigenvalue weighted by Crippen LogP contribution is 2.36. The van der Waals surface area contributed by atoms with Crippen LogP contribution in [0.15, 0.2) is 0 Å². The van der Waals surface area contributed by atoms with Gasteiger partial charge in [-0.15, -0.1) is 0 Å². The Labute approximate surface area is 112 Å². The SMILES string of the molecule is COCCCOC1CN(C(=O)C2CCC2C(=O)O)C1. The lowest BCUT2D eigenvalue weighted by Crippen LogP contribution is -2.58. The molecule has 0 aromatic carbocycles. The van der Waals surface area contributed by atoms with Crippen molar-refractivity contribution in [2.75, 3.05) is 33.4 Å². The molecule has 1 heterocycles. The molecule has 19 heavy (non-hydrogen) atoms. The molecular weight excluding hydrogens is 250 g/mol. The molecule has 2 fully saturated rings. The van der Waals surface area contributed by atoms with Crippen LogP contribution >= 0.6 is 0 Å². The van der Waals surface area contributed by atoms with Crippen LogP contribution in [0.4, 0.5) is 0 Å². The molecule has 1 saturated carbocycles. The van der Waals surface area contributed by atoms with Gasteiger partial charge in [-0.2, -0.15) is 0 Å². The molecule has 2 rings (SSSR count). The summed E-state index contributed by atoms with van der Waals surface area (Å²) in [6, 6.07) is 0. The molecule has 0 bridgehead atoms.